The summed E-state index contributed by atoms with van der Waals surface area (Å²) in [6.07, 6.45) is -0.567. The first kappa shape index (κ1) is 27.9. The average molecular weight is 579 g/mol. The minimum atomic E-state index is -0.765. The van der Waals surface area contributed by atoms with Gasteiger partial charge in [0.25, 0.3) is 0 Å². The second kappa shape index (κ2) is 10.8. The normalized spacial score (nSPS) is 22.9. The van der Waals surface area contributed by atoms with E-state index in [4.69, 9.17) is 4.52 Å². The highest BCUT2D eigenvalue weighted by Crippen LogP contribution is 2.39. The Kier molecular flexibility index (Phi) is 7.37. The molecule has 0 aliphatic carbocycles. The molecule has 3 aliphatic rings. The number of carbonyl (C=O) groups is 2. The number of β-amino-alcohol motifs (C(OH)–C–C–N with tert-alkyl or cyclic N) is 1. The van der Waals surface area contributed by atoms with Crippen LogP contribution in [0.25, 0.3) is 10.4 Å². The van der Waals surface area contributed by atoms with Crippen LogP contribution in [-0.2, 0) is 9.59 Å². The number of nitrogens with one attached hydrogen (secondary N) is 2. The Labute approximate surface area is 244 Å². The lowest BCUT2D eigenvalue weighted by atomic mass is 9.74. The summed E-state index contributed by atoms with van der Waals surface area (Å²) in [6.45, 7) is 11.9. The Balaban J connectivity index is 1.13. The Morgan fingerprint density at radius 1 is 1.20 bits per heavy atom. The number of thiazole rings is 1. The molecule has 0 bridgehead atoms. The highest BCUT2D eigenvalue weighted by atomic mass is 32.1. The largest absolute Gasteiger partial charge is 0.391 e. The third-order valence-corrected chi connectivity index (χ3v) is 9.75. The van der Waals surface area contributed by atoms with Crippen molar-refractivity contribution in [2.24, 2.45) is 11.3 Å². The van der Waals surface area contributed by atoms with E-state index in [1.165, 1.54) is 4.90 Å². The van der Waals surface area contributed by atoms with E-state index in [9.17, 15) is 14.7 Å². The number of nitrogens with zero attached hydrogens (tertiary/aromatic N) is 4. The van der Waals surface area contributed by atoms with E-state index < -0.39 is 18.1 Å². The van der Waals surface area contributed by atoms with E-state index in [0.29, 0.717) is 11.2 Å². The van der Waals surface area contributed by atoms with Gasteiger partial charge in [-0.05, 0) is 30.9 Å². The lowest BCUT2D eigenvalue weighted by Crippen LogP contribution is -2.71. The summed E-state index contributed by atoms with van der Waals surface area (Å²) in [4.78, 5) is 36.6. The standard InChI is InChI=1S/C30H38N6O4S/c1-17(2)26(24-10-25(34-40-24)35-14-30(15-35)12-31-13-30)29(39)36-11-22(37)9-23(36)28(38)33-18(3)20-5-7-21(8-6-20)27-19(4)32-16-41-27/h5-8,10,16-18,22-23,26,31,37H,9,11-15H2,1-4H3,(H,33,38)/t18?,22-,23+,26?/m1/s1. The van der Waals surface area contributed by atoms with Crippen LogP contribution < -0.4 is 15.5 Å². The van der Waals surface area contributed by atoms with Crippen LogP contribution in [0.1, 0.15) is 56.2 Å². The fraction of sp³-hybridized carbons (Fsp3) is 0.533. The number of carbonyl (C=O) groups excluding carboxylic acids is 2. The minimum absolute atomic E-state index is 0.0806. The van der Waals surface area contributed by atoms with Crippen molar-refractivity contribution in [3.8, 4) is 10.4 Å². The highest BCUT2D eigenvalue weighted by molar-refractivity contribution is 7.13. The zero-order chi connectivity index (χ0) is 28.9. The van der Waals surface area contributed by atoms with Crippen LogP contribution in [-0.4, -0.2) is 76.8 Å². The first-order valence-electron chi connectivity index (χ1n) is 14.4. The number of likely N-dealkylation sites (tertiary alicyclic amines) is 1. The summed E-state index contributed by atoms with van der Waals surface area (Å²) in [5.74, 6) is 0.0700. The van der Waals surface area contributed by atoms with Crippen LogP contribution in [0, 0.1) is 18.3 Å². The van der Waals surface area contributed by atoms with Gasteiger partial charge in [-0.15, -0.1) is 11.3 Å². The molecule has 1 spiro atoms. The molecule has 11 heteroatoms. The molecular formula is C30H38N6O4S. The number of aliphatic hydroxyl groups excluding tert-OH is 1. The van der Waals surface area contributed by atoms with Crippen molar-refractivity contribution in [2.45, 2.75) is 58.2 Å². The summed E-state index contributed by atoms with van der Waals surface area (Å²) < 4.78 is 5.71. The smallest absolute Gasteiger partial charge is 0.243 e. The Bertz CT molecular complexity index is 1410. The maximum atomic E-state index is 13.9. The second-order valence-corrected chi connectivity index (χ2v) is 13.1. The van der Waals surface area contributed by atoms with E-state index in [-0.39, 0.29) is 36.7 Å². The SMILES string of the molecule is Cc1ncsc1-c1ccc(C(C)NC(=O)[C@@H]2C[C@@H](O)CN2C(=O)C(c2cc(N3CC4(CNC4)C3)no2)C(C)C)cc1. The zero-order valence-electron chi connectivity index (χ0n) is 24.0. The topological polar surface area (TPSA) is 124 Å². The number of anilines is 1. The van der Waals surface area contributed by atoms with E-state index >= 15 is 0 Å². The maximum absolute atomic E-state index is 13.9. The van der Waals surface area contributed by atoms with Crippen LogP contribution in [0.5, 0.6) is 0 Å². The molecule has 10 nitrogen and oxygen atoms in total. The Morgan fingerprint density at radius 2 is 1.93 bits per heavy atom. The quantitative estimate of drug-likeness (QED) is 0.373. The molecule has 2 aromatic heterocycles. The van der Waals surface area contributed by atoms with Crippen LogP contribution >= 0.6 is 11.3 Å². The van der Waals surface area contributed by atoms with Crippen LogP contribution in [0.2, 0.25) is 0 Å². The van der Waals surface area contributed by atoms with Gasteiger partial charge < -0.3 is 30.1 Å². The monoisotopic (exact) mass is 578 g/mol. The van der Waals surface area contributed by atoms with Gasteiger partial charge in [-0.3, -0.25) is 9.59 Å². The van der Waals surface area contributed by atoms with Gasteiger partial charge in [0, 0.05) is 50.6 Å². The number of hydrogen-bond donors (Lipinski definition) is 3. The van der Waals surface area contributed by atoms with Crippen molar-refractivity contribution in [3.63, 3.8) is 0 Å². The van der Waals surface area contributed by atoms with Crippen molar-refractivity contribution in [1.82, 2.24) is 25.7 Å². The predicted octanol–water partition coefficient (Wildman–Crippen LogP) is 3.09. The lowest BCUT2D eigenvalue weighted by Gasteiger charge is -2.56. The van der Waals surface area contributed by atoms with E-state index in [1.807, 2.05) is 63.5 Å². The van der Waals surface area contributed by atoms with Crippen LogP contribution in [0.3, 0.4) is 0 Å². The van der Waals surface area contributed by atoms with Gasteiger partial charge in [0.05, 0.1) is 28.2 Å². The summed E-state index contributed by atoms with van der Waals surface area (Å²) in [5, 5.41) is 21.2. The van der Waals surface area contributed by atoms with Crippen molar-refractivity contribution < 1.29 is 19.2 Å². The summed E-state index contributed by atoms with van der Waals surface area (Å²) in [6, 6.07) is 8.92. The molecule has 0 saturated carbocycles. The van der Waals surface area contributed by atoms with Gasteiger partial charge in [-0.25, -0.2) is 4.98 Å². The number of aliphatic hydroxyl groups is 1. The third kappa shape index (κ3) is 5.26. The van der Waals surface area contributed by atoms with Crippen molar-refractivity contribution in [3.05, 3.63) is 52.9 Å². The number of rotatable bonds is 8. The fourth-order valence-electron chi connectivity index (χ4n) is 6.32. The van der Waals surface area contributed by atoms with Gasteiger partial charge >= 0.3 is 0 Å². The second-order valence-electron chi connectivity index (χ2n) is 12.3. The van der Waals surface area contributed by atoms with Gasteiger partial charge in [-0.2, -0.15) is 0 Å². The van der Waals surface area contributed by atoms with E-state index in [0.717, 1.165) is 53.7 Å². The fourth-order valence-corrected chi connectivity index (χ4v) is 7.13. The summed E-state index contributed by atoms with van der Waals surface area (Å²) in [7, 11) is 0. The molecule has 4 atom stereocenters. The first-order valence-corrected chi connectivity index (χ1v) is 15.2. The number of aryl methyl sites for hydroxylation is 1. The molecule has 2 amide bonds. The molecular weight excluding hydrogens is 540 g/mol. The predicted molar refractivity (Wildman–Crippen MR) is 157 cm³/mol. The van der Waals surface area contributed by atoms with Crippen LogP contribution in [0.4, 0.5) is 5.82 Å². The minimum Gasteiger partial charge on any atom is -0.391 e. The molecule has 5 heterocycles. The molecule has 41 heavy (non-hydrogen) atoms. The van der Waals surface area contributed by atoms with E-state index in [1.54, 1.807) is 11.3 Å². The summed E-state index contributed by atoms with van der Waals surface area (Å²) >= 11 is 1.60. The molecule has 3 aromatic rings. The van der Waals surface area contributed by atoms with Gasteiger partial charge in [0.2, 0.25) is 11.8 Å². The first-order chi connectivity index (χ1) is 19.6. The molecule has 6 rings (SSSR count). The number of aromatic nitrogens is 2. The Hall–Kier alpha value is -3.28. The molecule has 3 aliphatic heterocycles. The van der Waals surface area contributed by atoms with E-state index in [2.05, 4.69) is 25.7 Å². The molecule has 3 N–H and O–H groups in total. The Morgan fingerprint density at radius 3 is 2.54 bits per heavy atom. The number of benzene rings is 1. The van der Waals surface area contributed by atoms with Crippen LogP contribution in [0.15, 0.2) is 40.4 Å². The molecule has 0 radical (unpaired) electrons. The maximum Gasteiger partial charge on any atom is 0.243 e. The highest BCUT2D eigenvalue weighted by Gasteiger charge is 2.49. The molecule has 3 fully saturated rings. The van der Waals surface area contributed by atoms with Crippen molar-refractivity contribution in [2.75, 3.05) is 37.6 Å². The molecule has 1 aromatic carbocycles. The molecule has 2 unspecified atom stereocenters. The van der Waals surface area contributed by atoms with Gasteiger partial charge in [0.1, 0.15) is 12.0 Å². The zero-order valence-corrected chi connectivity index (χ0v) is 24.8. The average Bonchev–Trinajstić information content (AvgIpc) is 3.62. The number of hydrogen-bond acceptors (Lipinski definition) is 9. The third-order valence-electron chi connectivity index (χ3n) is 8.77. The lowest BCUT2D eigenvalue weighted by molar-refractivity contribution is -0.141. The molecule has 218 valence electrons. The van der Waals surface area contributed by atoms with Gasteiger partial charge in [-0.1, -0.05) is 43.3 Å². The summed E-state index contributed by atoms with van der Waals surface area (Å²) in [5.41, 5.74) is 5.23. The van der Waals surface area contributed by atoms with Crippen molar-refractivity contribution >= 4 is 29.0 Å². The van der Waals surface area contributed by atoms with Crippen molar-refractivity contribution in [1.29, 1.82) is 0 Å². The molecule has 3 saturated heterocycles. The van der Waals surface area contributed by atoms with Gasteiger partial charge in [0.15, 0.2) is 11.6 Å². The number of amides is 2.